The van der Waals surface area contributed by atoms with Gasteiger partial charge in [0.05, 0.1) is 0 Å². The van der Waals surface area contributed by atoms with Gasteiger partial charge in [-0.2, -0.15) is 0 Å². The Labute approximate surface area is 133 Å². The van der Waals surface area contributed by atoms with Crippen LogP contribution in [-0.2, 0) is 9.53 Å². The Kier molecular flexibility index (Phi) is 4.45. The summed E-state index contributed by atoms with van der Waals surface area (Å²) in [5.74, 6) is -1.60. The summed E-state index contributed by atoms with van der Waals surface area (Å²) in [6.45, 7) is 8.62. The molecule has 1 aromatic carbocycles. The lowest BCUT2D eigenvalue weighted by atomic mass is 10.1. The SMILES string of the molecule is Cc1c(C(=O)O[C@@H](C)C(=O)NC(C)(C)C)oc2ccc(F)cc12. The van der Waals surface area contributed by atoms with Gasteiger partial charge in [-0.25, -0.2) is 9.18 Å². The van der Waals surface area contributed by atoms with Crippen LogP contribution in [0.1, 0.15) is 43.8 Å². The smallest absolute Gasteiger partial charge is 0.375 e. The maximum absolute atomic E-state index is 13.3. The van der Waals surface area contributed by atoms with E-state index in [1.807, 2.05) is 20.8 Å². The maximum Gasteiger partial charge on any atom is 0.375 e. The van der Waals surface area contributed by atoms with Gasteiger partial charge in [0.1, 0.15) is 11.4 Å². The molecular formula is C17H20FNO4. The molecule has 1 amide bonds. The molecule has 0 saturated carbocycles. The molecule has 1 atom stereocenters. The molecule has 6 heteroatoms. The van der Waals surface area contributed by atoms with Crippen molar-refractivity contribution >= 4 is 22.8 Å². The number of furan rings is 1. The van der Waals surface area contributed by atoms with E-state index < -0.39 is 29.3 Å². The summed E-state index contributed by atoms with van der Waals surface area (Å²) in [7, 11) is 0. The van der Waals surface area contributed by atoms with E-state index in [0.717, 1.165) is 0 Å². The fraction of sp³-hybridized carbons (Fsp3) is 0.412. The number of carbonyl (C=O) groups is 2. The minimum Gasteiger partial charge on any atom is -0.449 e. The lowest BCUT2D eigenvalue weighted by Crippen LogP contribution is -2.46. The van der Waals surface area contributed by atoms with Gasteiger partial charge in [-0.3, -0.25) is 4.79 Å². The Hall–Kier alpha value is -2.37. The second-order valence-corrected chi connectivity index (χ2v) is 6.48. The Morgan fingerprint density at radius 2 is 1.96 bits per heavy atom. The fourth-order valence-corrected chi connectivity index (χ4v) is 2.13. The van der Waals surface area contributed by atoms with Gasteiger partial charge in [0.2, 0.25) is 5.76 Å². The molecule has 23 heavy (non-hydrogen) atoms. The summed E-state index contributed by atoms with van der Waals surface area (Å²) in [6, 6.07) is 3.99. The number of fused-ring (bicyclic) bond motifs is 1. The molecule has 2 aromatic rings. The van der Waals surface area contributed by atoms with E-state index in [1.54, 1.807) is 6.92 Å². The molecule has 0 spiro atoms. The van der Waals surface area contributed by atoms with Crippen LogP contribution in [0, 0.1) is 12.7 Å². The average molecular weight is 321 g/mol. The molecule has 0 saturated heterocycles. The third kappa shape index (κ3) is 3.88. The largest absolute Gasteiger partial charge is 0.449 e. The van der Waals surface area contributed by atoms with Crippen LogP contribution >= 0.6 is 0 Å². The van der Waals surface area contributed by atoms with Crippen molar-refractivity contribution < 1.29 is 23.1 Å². The predicted molar refractivity (Wildman–Crippen MR) is 83.7 cm³/mol. The van der Waals surface area contributed by atoms with Crippen molar-refractivity contribution in [3.05, 3.63) is 35.3 Å². The molecule has 0 fully saturated rings. The van der Waals surface area contributed by atoms with Gasteiger partial charge in [0.15, 0.2) is 6.10 Å². The molecule has 124 valence electrons. The second kappa shape index (κ2) is 6.02. The van der Waals surface area contributed by atoms with E-state index in [4.69, 9.17) is 9.15 Å². The molecular weight excluding hydrogens is 301 g/mol. The van der Waals surface area contributed by atoms with Gasteiger partial charge < -0.3 is 14.5 Å². The van der Waals surface area contributed by atoms with Gasteiger partial charge in [-0.05, 0) is 52.8 Å². The number of halogens is 1. The van der Waals surface area contributed by atoms with Gasteiger partial charge in [0, 0.05) is 16.5 Å². The number of amides is 1. The molecule has 1 aromatic heterocycles. The lowest BCUT2D eigenvalue weighted by molar-refractivity contribution is -0.130. The summed E-state index contributed by atoms with van der Waals surface area (Å²) in [5.41, 5.74) is 0.445. The number of hydrogen-bond donors (Lipinski definition) is 1. The van der Waals surface area contributed by atoms with Crippen LogP contribution in [0.25, 0.3) is 11.0 Å². The minimum absolute atomic E-state index is 0.0268. The highest BCUT2D eigenvalue weighted by Crippen LogP contribution is 2.26. The van der Waals surface area contributed by atoms with Crippen molar-refractivity contribution in [3.8, 4) is 0 Å². The predicted octanol–water partition coefficient (Wildman–Crippen LogP) is 3.34. The van der Waals surface area contributed by atoms with Crippen LogP contribution in [0.15, 0.2) is 22.6 Å². The average Bonchev–Trinajstić information content (AvgIpc) is 2.74. The first-order valence-electron chi connectivity index (χ1n) is 7.30. The van der Waals surface area contributed by atoms with Crippen molar-refractivity contribution in [1.82, 2.24) is 5.32 Å². The molecule has 5 nitrogen and oxygen atoms in total. The molecule has 2 rings (SSSR count). The first-order valence-corrected chi connectivity index (χ1v) is 7.30. The van der Waals surface area contributed by atoms with Crippen molar-refractivity contribution in [2.75, 3.05) is 0 Å². The van der Waals surface area contributed by atoms with E-state index in [9.17, 15) is 14.0 Å². The van der Waals surface area contributed by atoms with E-state index in [1.165, 1.54) is 25.1 Å². The zero-order valence-electron chi connectivity index (χ0n) is 13.8. The number of ether oxygens (including phenoxy) is 1. The first kappa shape index (κ1) is 17.0. The highest BCUT2D eigenvalue weighted by molar-refractivity contribution is 5.97. The third-order valence-corrected chi connectivity index (χ3v) is 3.23. The monoisotopic (exact) mass is 321 g/mol. The number of benzene rings is 1. The number of carbonyl (C=O) groups excluding carboxylic acids is 2. The molecule has 0 radical (unpaired) electrons. The van der Waals surface area contributed by atoms with Crippen LogP contribution < -0.4 is 5.32 Å². The number of rotatable bonds is 3. The number of aryl methyl sites for hydroxylation is 1. The van der Waals surface area contributed by atoms with Crippen LogP contribution in [0.2, 0.25) is 0 Å². The van der Waals surface area contributed by atoms with E-state index in [0.29, 0.717) is 16.5 Å². The summed E-state index contributed by atoms with van der Waals surface area (Å²) < 4.78 is 23.9. The summed E-state index contributed by atoms with van der Waals surface area (Å²) in [6.07, 6.45) is -0.967. The van der Waals surface area contributed by atoms with Crippen LogP contribution in [0.5, 0.6) is 0 Å². The number of nitrogens with one attached hydrogen (secondary N) is 1. The highest BCUT2D eigenvalue weighted by atomic mass is 19.1. The van der Waals surface area contributed by atoms with E-state index in [-0.39, 0.29) is 5.76 Å². The standard InChI is InChI=1S/C17H20FNO4/c1-9-12-8-11(18)6-7-13(12)23-14(9)16(21)22-10(2)15(20)19-17(3,4)5/h6-8,10H,1-5H3,(H,19,20)/t10-/m0/s1. The molecule has 1 N–H and O–H groups in total. The van der Waals surface area contributed by atoms with Crippen molar-refractivity contribution in [2.24, 2.45) is 0 Å². The molecule has 0 aliphatic carbocycles. The van der Waals surface area contributed by atoms with Gasteiger partial charge in [-0.1, -0.05) is 0 Å². The zero-order valence-corrected chi connectivity index (χ0v) is 13.8. The summed E-state index contributed by atoms with van der Waals surface area (Å²) in [4.78, 5) is 24.2. The van der Waals surface area contributed by atoms with Crippen molar-refractivity contribution in [1.29, 1.82) is 0 Å². The lowest BCUT2D eigenvalue weighted by Gasteiger charge is -2.23. The maximum atomic E-state index is 13.3. The van der Waals surface area contributed by atoms with Gasteiger partial charge in [0.25, 0.3) is 5.91 Å². The highest BCUT2D eigenvalue weighted by Gasteiger charge is 2.26. The second-order valence-electron chi connectivity index (χ2n) is 6.48. The molecule has 0 aliphatic rings. The Bertz CT molecular complexity index is 758. The Morgan fingerprint density at radius 3 is 2.57 bits per heavy atom. The van der Waals surface area contributed by atoms with Gasteiger partial charge >= 0.3 is 5.97 Å². The van der Waals surface area contributed by atoms with Crippen molar-refractivity contribution in [2.45, 2.75) is 46.3 Å². The molecule has 1 heterocycles. The minimum atomic E-state index is -0.967. The summed E-state index contributed by atoms with van der Waals surface area (Å²) >= 11 is 0. The van der Waals surface area contributed by atoms with E-state index >= 15 is 0 Å². The zero-order chi connectivity index (χ0) is 17.4. The van der Waals surface area contributed by atoms with Gasteiger partial charge in [-0.15, -0.1) is 0 Å². The first-order chi connectivity index (χ1) is 10.6. The number of hydrogen-bond acceptors (Lipinski definition) is 4. The van der Waals surface area contributed by atoms with Crippen LogP contribution in [0.3, 0.4) is 0 Å². The Balaban J connectivity index is 2.18. The number of esters is 1. The van der Waals surface area contributed by atoms with Crippen LogP contribution in [0.4, 0.5) is 4.39 Å². The summed E-state index contributed by atoms with van der Waals surface area (Å²) in [5, 5.41) is 3.23. The van der Waals surface area contributed by atoms with Crippen molar-refractivity contribution in [3.63, 3.8) is 0 Å². The fourth-order valence-electron chi connectivity index (χ4n) is 2.13. The normalized spacial score (nSPS) is 13.0. The third-order valence-electron chi connectivity index (χ3n) is 3.23. The van der Waals surface area contributed by atoms with Crippen LogP contribution in [-0.4, -0.2) is 23.5 Å². The Morgan fingerprint density at radius 1 is 1.30 bits per heavy atom. The molecule has 0 bridgehead atoms. The molecule has 0 aliphatic heterocycles. The van der Waals surface area contributed by atoms with E-state index in [2.05, 4.69) is 5.32 Å². The quantitative estimate of drug-likeness (QED) is 0.880. The topological polar surface area (TPSA) is 68.5 Å². The molecule has 0 unspecified atom stereocenters.